The Bertz CT molecular complexity index is 747. The highest BCUT2D eigenvalue weighted by Crippen LogP contribution is 2.24. The number of rotatable bonds is 3. The molecule has 0 amide bonds. The lowest BCUT2D eigenvalue weighted by Gasteiger charge is -1.98. The molecule has 1 heterocycles. The van der Waals surface area contributed by atoms with Gasteiger partial charge in [0.2, 0.25) is 5.95 Å². The molecule has 3 rings (SSSR count). The molecule has 6 nitrogen and oxygen atoms in total. The minimum atomic E-state index is -0.183. The first kappa shape index (κ1) is 12.0. The molecule has 1 aromatic heterocycles. The van der Waals surface area contributed by atoms with Crippen molar-refractivity contribution in [1.29, 1.82) is 0 Å². The summed E-state index contributed by atoms with van der Waals surface area (Å²) in [5.74, 6) is 0.190. The first-order chi connectivity index (χ1) is 9.72. The molecule has 0 bridgehead atoms. The van der Waals surface area contributed by atoms with Gasteiger partial charge in [-0.1, -0.05) is 12.1 Å². The number of benzene rings is 2. The monoisotopic (exact) mass is 268 g/mol. The van der Waals surface area contributed by atoms with Gasteiger partial charge in [0.15, 0.2) is 11.5 Å². The van der Waals surface area contributed by atoms with Gasteiger partial charge in [0.25, 0.3) is 0 Å². The molecule has 2 aromatic carbocycles. The van der Waals surface area contributed by atoms with E-state index in [1.54, 1.807) is 6.07 Å². The normalized spacial score (nSPS) is 11.2. The predicted octanol–water partition coefficient (Wildman–Crippen LogP) is 2.42. The zero-order chi connectivity index (χ0) is 13.9. The van der Waals surface area contributed by atoms with Gasteiger partial charge in [-0.15, -0.1) is 0 Å². The third-order valence-electron chi connectivity index (χ3n) is 2.77. The van der Waals surface area contributed by atoms with E-state index >= 15 is 0 Å². The maximum absolute atomic E-state index is 9.36. The first-order valence-corrected chi connectivity index (χ1v) is 5.98. The van der Waals surface area contributed by atoms with E-state index in [1.165, 1.54) is 18.3 Å². The minimum Gasteiger partial charge on any atom is -0.504 e. The van der Waals surface area contributed by atoms with E-state index in [2.05, 4.69) is 20.5 Å². The number of para-hydroxylation sites is 2. The standard InChI is InChI=1S/C14H12N4O2/c19-12-6-5-9(7-13(12)20)8-15-18-14-16-10-3-1-2-4-11(10)17-14/h1-8,19-20H,(H2,16,17,18)/b15-8-. The number of phenolic OH excluding ortho intramolecular Hbond substituents is 2. The van der Waals surface area contributed by atoms with Gasteiger partial charge < -0.3 is 15.2 Å². The van der Waals surface area contributed by atoms with E-state index in [4.69, 9.17) is 0 Å². The number of hydrazone groups is 1. The van der Waals surface area contributed by atoms with Crippen LogP contribution in [0.1, 0.15) is 5.56 Å². The second-order valence-corrected chi connectivity index (χ2v) is 4.22. The lowest BCUT2D eigenvalue weighted by Crippen LogP contribution is -1.92. The van der Waals surface area contributed by atoms with E-state index < -0.39 is 0 Å². The molecule has 0 fully saturated rings. The lowest BCUT2D eigenvalue weighted by molar-refractivity contribution is 0.403. The highest BCUT2D eigenvalue weighted by atomic mass is 16.3. The van der Waals surface area contributed by atoms with Crippen molar-refractivity contribution < 1.29 is 10.2 Å². The number of aromatic hydroxyl groups is 2. The average Bonchev–Trinajstić information content (AvgIpc) is 2.85. The maximum Gasteiger partial charge on any atom is 0.222 e. The highest BCUT2D eigenvalue weighted by Gasteiger charge is 2.00. The van der Waals surface area contributed by atoms with Crippen molar-refractivity contribution in [1.82, 2.24) is 9.97 Å². The Kier molecular flexibility index (Phi) is 2.96. The number of anilines is 1. The third kappa shape index (κ3) is 2.39. The van der Waals surface area contributed by atoms with E-state index in [0.717, 1.165) is 11.0 Å². The van der Waals surface area contributed by atoms with Gasteiger partial charge in [-0.25, -0.2) is 10.4 Å². The molecule has 0 aliphatic heterocycles. The van der Waals surface area contributed by atoms with Crippen molar-refractivity contribution in [2.24, 2.45) is 5.10 Å². The van der Waals surface area contributed by atoms with Crippen LogP contribution >= 0.6 is 0 Å². The number of aromatic amines is 1. The fourth-order valence-corrected chi connectivity index (χ4v) is 1.79. The summed E-state index contributed by atoms with van der Waals surface area (Å²) in [4.78, 5) is 7.38. The summed E-state index contributed by atoms with van der Waals surface area (Å²) in [7, 11) is 0. The Morgan fingerprint density at radius 3 is 2.75 bits per heavy atom. The summed E-state index contributed by atoms with van der Waals surface area (Å²) in [5.41, 5.74) is 5.21. The average molecular weight is 268 g/mol. The van der Waals surface area contributed by atoms with Gasteiger partial charge in [-0.2, -0.15) is 5.10 Å². The van der Waals surface area contributed by atoms with Crippen LogP contribution in [0.4, 0.5) is 5.95 Å². The minimum absolute atomic E-state index is 0.160. The summed E-state index contributed by atoms with van der Waals surface area (Å²) in [5, 5.41) is 22.6. The van der Waals surface area contributed by atoms with Gasteiger partial charge in [-0.05, 0) is 35.9 Å². The van der Waals surface area contributed by atoms with Crippen LogP contribution in [0.25, 0.3) is 11.0 Å². The van der Waals surface area contributed by atoms with Crippen LogP contribution in [-0.4, -0.2) is 26.4 Å². The number of fused-ring (bicyclic) bond motifs is 1. The van der Waals surface area contributed by atoms with Crippen molar-refractivity contribution >= 4 is 23.2 Å². The van der Waals surface area contributed by atoms with E-state index in [1.807, 2.05) is 24.3 Å². The molecule has 100 valence electrons. The lowest BCUT2D eigenvalue weighted by atomic mass is 10.2. The van der Waals surface area contributed by atoms with Gasteiger partial charge in [-0.3, -0.25) is 0 Å². The Labute approximate surface area is 114 Å². The topological polar surface area (TPSA) is 93.5 Å². The molecule has 0 radical (unpaired) electrons. The zero-order valence-corrected chi connectivity index (χ0v) is 10.4. The van der Waals surface area contributed by atoms with E-state index in [0.29, 0.717) is 11.5 Å². The van der Waals surface area contributed by atoms with Gasteiger partial charge in [0.05, 0.1) is 17.2 Å². The molecule has 0 saturated carbocycles. The smallest absolute Gasteiger partial charge is 0.222 e. The Morgan fingerprint density at radius 2 is 1.95 bits per heavy atom. The summed E-state index contributed by atoms with van der Waals surface area (Å²) >= 11 is 0. The van der Waals surface area contributed by atoms with Gasteiger partial charge >= 0.3 is 0 Å². The molecule has 20 heavy (non-hydrogen) atoms. The number of nitrogens with zero attached hydrogens (tertiary/aromatic N) is 2. The number of H-pyrrole nitrogens is 1. The maximum atomic E-state index is 9.36. The summed E-state index contributed by atoms with van der Waals surface area (Å²) < 4.78 is 0. The molecule has 4 N–H and O–H groups in total. The van der Waals surface area contributed by atoms with E-state index in [9.17, 15) is 10.2 Å². The largest absolute Gasteiger partial charge is 0.504 e. The van der Waals surface area contributed by atoms with Crippen LogP contribution in [0, 0.1) is 0 Å². The van der Waals surface area contributed by atoms with Crippen LogP contribution in [0.15, 0.2) is 47.6 Å². The van der Waals surface area contributed by atoms with Crippen molar-refractivity contribution in [2.75, 3.05) is 5.43 Å². The van der Waals surface area contributed by atoms with Crippen LogP contribution in [0.3, 0.4) is 0 Å². The SMILES string of the molecule is Oc1ccc(/C=N\Nc2nc3ccccc3[nH]2)cc1O. The van der Waals surface area contributed by atoms with Crippen molar-refractivity contribution in [3.8, 4) is 11.5 Å². The Hall–Kier alpha value is -3.02. The molecular formula is C14H12N4O2. The van der Waals surface area contributed by atoms with Crippen LogP contribution in [0.5, 0.6) is 11.5 Å². The van der Waals surface area contributed by atoms with Crippen molar-refractivity contribution in [2.45, 2.75) is 0 Å². The molecule has 3 aromatic rings. The summed E-state index contributed by atoms with van der Waals surface area (Å²) in [6.07, 6.45) is 1.52. The second kappa shape index (κ2) is 4.93. The molecule has 0 aliphatic rings. The van der Waals surface area contributed by atoms with Crippen molar-refractivity contribution in [3.63, 3.8) is 0 Å². The first-order valence-electron chi connectivity index (χ1n) is 5.98. The highest BCUT2D eigenvalue weighted by molar-refractivity contribution is 5.82. The Balaban J connectivity index is 1.75. The fourth-order valence-electron chi connectivity index (χ4n) is 1.79. The number of nitrogens with one attached hydrogen (secondary N) is 2. The van der Waals surface area contributed by atoms with Gasteiger partial charge in [0, 0.05) is 0 Å². The van der Waals surface area contributed by atoms with Crippen LogP contribution in [-0.2, 0) is 0 Å². The number of hydrogen-bond acceptors (Lipinski definition) is 5. The third-order valence-corrected chi connectivity index (χ3v) is 2.77. The second-order valence-electron chi connectivity index (χ2n) is 4.22. The molecule has 6 heteroatoms. The number of imidazole rings is 1. The van der Waals surface area contributed by atoms with E-state index in [-0.39, 0.29) is 11.5 Å². The fraction of sp³-hybridized carbons (Fsp3) is 0. The molecule has 0 atom stereocenters. The van der Waals surface area contributed by atoms with Crippen LogP contribution in [0.2, 0.25) is 0 Å². The van der Waals surface area contributed by atoms with Crippen LogP contribution < -0.4 is 5.43 Å². The zero-order valence-electron chi connectivity index (χ0n) is 10.4. The number of aromatic nitrogens is 2. The number of phenols is 2. The molecular weight excluding hydrogens is 256 g/mol. The Morgan fingerprint density at radius 1 is 1.10 bits per heavy atom. The van der Waals surface area contributed by atoms with Crippen molar-refractivity contribution in [3.05, 3.63) is 48.0 Å². The molecule has 0 spiro atoms. The molecule has 0 aliphatic carbocycles. The quantitative estimate of drug-likeness (QED) is 0.333. The molecule has 0 saturated heterocycles. The summed E-state index contributed by atoms with van der Waals surface area (Å²) in [6, 6.07) is 12.1. The predicted molar refractivity (Wildman–Crippen MR) is 77.1 cm³/mol. The molecule has 0 unspecified atom stereocenters. The number of hydrogen-bond donors (Lipinski definition) is 4. The van der Waals surface area contributed by atoms with Gasteiger partial charge in [0.1, 0.15) is 0 Å². The summed E-state index contributed by atoms with van der Waals surface area (Å²) in [6.45, 7) is 0.